The molecular formula is C19H18N2O3. The van der Waals surface area contributed by atoms with Crippen molar-refractivity contribution in [2.75, 3.05) is 0 Å². The Bertz CT molecular complexity index is 812. The van der Waals surface area contributed by atoms with Gasteiger partial charge in [0.05, 0.1) is 5.69 Å². The second-order valence-corrected chi connectivity index (χ2v) is 5.39. The smallest absolute Gasteiger partial charge is 0.290 e. The molecule has 0 saturated carbocycles. The predicted molar refractivity (Wildman–Crippen MR) is 89.6 cm³/mol. The van der Waals surface area contributed by atoms with Gasteiger partial charge in [-0.25, -0.2) is 0 Å². The molecule has 0 radical (unpaired) electrons. The van der Waals surface area contributed by atoms with E-state index < -0.39 is 0 Å². The highest BCUT2D eigenvalue weighted by Crippen LogP contribution is 2.15. The Morgan fingerprint density at radius 2 is 1.79 bits per heavy atom. The van der Waals surface area contributed by atoms with Crippen LogP contribution in [0.25, 0.3) is 0 Å². The van der Waals surface area contributed by atoms with Crippen molar-refractivity contribution in [3.05, 3.63) is 83.2 Å². The summed E-state index contributed by atoms with van der Waals surface area (Å²) >= 11 is 0. The lowest BCUT2D eigenvalue weighted by molar-refractivity contribution is 0.0913. The summed E-state index contributed by atoms with van der Waals surface area (Å²) < 4.78 is 10.7. The molecule has 0 fully saturated rings. The molecule has 122 valence electrons. The number of nitrogens with one attached hydrogen (secondary N) is 1. The van der Waals surface area contributed by atoms with Crippen LogP contribution in [0.5, 0.6) is 5.75 Å². The first-order valence-electron chi connectivity index (χ1n) is 7.68. The maximum absolute atomic E-state index is 12.0. The van der Waals surface area contributed by atoms with Crippen molar-refractivity contribution in [2.45, 2.75) is 20.1 Å². The van der Waals surface area contributed by atoms with E-state index in [4.69, 9.17) is 9.26 Å². The summed E-state index contributed by atoms with van der Waals surface area (Å²) in [5.41, 5.74) is 2.70. The second kappa shape index (κ2) is 7.46. The van der Waals surface area contributed by atoms with Gasteiger partial charge in [-0.05, 0) is 30.2 Å². The van der Waals surface area contributed by atoms with Crippen molar-refractivity contribution in [3.63, 3.8) is 0 Å². The highest BCUT2D eigenvalue weighted by molar-refractivity contribution is 5.91. The van der Waals surface area contributed by atoms with Crippen LogP contribution in [0.1, 0.15) is 27.4 Å². The van der Waals surface area contributed by atoms with E-state index in [1.54, 1.807) is 13.0 Å². The van der Waals surface area contributed by atoms with Gasteiger partial charge in [-0.3, -0.25) is 4.79 Å². The monoisotopic (exact) mass is 322 g/mol. The molecule has 3 rings (SSSR count). The summed E-state index contributed by atoms with van der Waals surface area (Å²) in [6, 6.07) is 19.1. The summed E-state index contributed by atoms with van der Waals surface area (Å²) in [5.74, 6) is 0.744. The molecule has 0 aliphatic rings. The van der Waals surface area contributed by atoms with Gasteiger partial charge in [-0.1, -0.05) is 47.6 Å². The van der Waals surface area contributed by atoms with Crippen LogP contribution >= 0.6 is 0 Å². The molecule has 0 aliphatic heterocycles. The van der Waals surface area contributed by atoms with Crippen LogP contribution < -0.4 is 10.1 Å². The topological polar surface area (TPSA) is 64.4 Å². The Morgan fingerprint density at radius 3 is 2.50 bits per heavy atom. The first-order chi connectivity index (χ1) is 11.7. The lowest BCUT2D eigenvalue weighted by atomic mass is 10.1. The SMILES string of the molecule is Cc1cc(C(=O)NCc2ccccc2COc2ccccc2)on1. The fourth-order valence-electron chi connectivity index (χ4n) is 2.28. The van der Waals surface area contributed by atoms with Gasteiger partial charge in [-0.15, -0.1) is 0 Å². The fraction of sp³-hybridized carbons (Fsp3) is 0.158. The normalized spacial score (nSPS) is 10.4. The van der Waals surface area contributed by atoms with E-state index in [2.05, 4.69) is 10.5 Å². The average Bonchev–Trinajstić information content (AvgIpc) is 3.06. The third-order valence-electron chi connectivity index (χ3n) is 3.55. The molecular weight excluding hydrogens is 304 g/mol. The first kappa shape index (κ1) is 15.8. The number of carbonyl (C=O) groups is 1. The van der Waals surface area contributed by atoms with Crippen LogP contribution in [-0.4, -0.2) is 11.1 Å². The van der Waals surface area contributed by atoms with Gasteiger partial charge < -0.3 is 14.6 Å². The predicted octanol–water partition coefficient (Wildman–Crippen LogP) is 3.49. The van der Waals surface area contributed by atoms with Crippen molar-refractivity contribution in [3.8, 4) is 5.75 Å². The van der Waals surface area contributed by atoms with Crippen molar-refractivity contribution in [1.29, 1.82) is 0 Å². The number of benzene rings is 2. The Morgan fingerprint density at radius 1 is 1.08 bits per heavy atom. The van der Waals surface area contributed by atoms with E-state index >= 15 is 0 Å². The van der Waals surface area contributed by atoms with Crippen LogP contribution in [-0.2, 0) is 13.2 Å². The number of hydrogen-bond donors (Lipinski definition) is 1. The summed E-state index contributed by atoms with van der Waals surface area (Å²) in [4.78, 5) is 12.0. The van der Waals surface area contributed by atoms with Gasteiger partial charge in [-0.2, -0.15) is 0 Å². The number of hydrogen-bond acceptors (Lipinski definition) is 4. The van der Waals surface area contributed by atoms with Crippen LogP contribution in [0, 0.1) is 6.92 Å². The Hall–Kier alpha value is -3.08. The minimum absolute atomic E-state index is 0.213. The van der Waals surface area contributed by atoms with Gasteiger partial charge in [0.15, 0.2) is 0 Å². The second-order valence-electron chi connectivity index (χ2n) is 5.39. The molecule has 5 nitrogen and oxygen atoms in total. The standard InChI is InChI=1S/C19H18N2O3/c1-14-11-18(24-21-14)19(22)20-12-15-7-5-6-8-16(15)13-23-17-9-3-2-4-10-17/h2-11H,12-13H2,1H3,(H,20,22). The Kier molecular flexibility index (Phi) is 4.91. The number of carbonyl (C=O) groups excluding carboxylic acids is 1. The molecule has 24 heavy (non-hydrogen) atoms. The van der Waals surface area contributed by atoms with Crippen LogP contribution in [0.2, 0.25) is 0 Å². The molecule has 5 heteroatoms. The number of ether oxygens (including phenoxy) is 1. The maximum Gasteiger partial charge on any atom is 0.290 e. The number of aromatic nitrogens is 1. The molecule has 0 unspecified atom stereocenters. The Balaban J connectivity index is 1.62. The third-order valence-corrected chi connectivity index (χ3v) is 3.55. The quantitative estimate of drug-likeness (QED) is 0.754. The molecule has 2 aromatic carbocycles. The molecule has 1 N–H and O–H groups in total. The van der Waals surface area contributed by atoms with E-state index in [1.807, 2.05) is 54.6 Å². The molecule has 1 amide bonds. The van der Waals surface area contributed by atoms with E-state index in [0.717, 1.165) is 16.9 Å². The molecule has 0 aliphatic carbocycles. The summed E-state index contributed by atoms with van der Waals surface area (Å²) in [6.07, 6.45) is 0. The molecule has 0 spiro atoms. The minimum atomic E-state index is -0.283. The average molecular weight is 322 g/mol. The zero-order valence-corrected chi connectivity index (χ0v) is 13.4. The molecule has 0 bridgehead atoms. The molecule has 1 aromatic heterocycles. The Labute approximate surface area is 140 Å². The van der Waals surface area contributed by atoms with Crippen LogP contribution in [0.4, 0.5) is 0 Å². The fourth-order valence-corrected chi connectivity index (χ4v) is 2.28. The molecule has 1 heterocycles. The van der Waals surface area contributed by atoms with E-state index in [0.29, 0.717) is 18.8 Å². The van der Waals surface area contributed by atoms with Crippen LogP contribution in [0.15, 0.2) is 65.2 Å². The van der Waals surface area contributed by atoms with Crippen molar-refractivity contribution in [2.24, 2.45) is 0 Å². The number of aryl methyl sites for hydroxylation is 1. The summed E-state index contributed by atoms with van der Waals surface area (Å²) in [7, 11) is 0. The summed E-state index contributed by atoms with van der Waals surface area (Å²) in [5, 5.41) is 6.56. The van der Waals surface area contributed by atoms with Crippen molar-refractivity contribution in [1.82, 2.24) is 10.5 Å². The number of para-hydroxylation sites is 1. The van der Waals surface area contributed by atoms with Crippen molar-refractivity contribution >= 4 is 5.91 Å². The van der Waals surface area contributed by atoms with Crippen LogP contribution in [0.3, 0.4) is 0 Å². The van der Waals surface area contributed by atoms with Crippen molar-refractivity contribution < 1.29 is 14.1 Å². The van der Waals surface area contributed by atoms with Gasteiger partial charge in [0.25, 0.3) is 5.91 Å². The summed E-state index contributed by atoms with van der Waals surface area (Å²) in [6.45, 7) is 2.61. The van der Waals surface area contributed by atoms with Gasteiger partial charge >= 0.3 is 0 Å². The highest BCUT2D eigenvalue weighted by atomic mass is 16.5. The van der Waals surface area contributed by atoms with Gasteiger partial charge in [0, 0.05) is 12.6 Å². The lowest BCUT2D eigenvalue weighted by Crippen LogP contribution is -2.23. The molecule has 0 saturated heterocycles. The number of nitrogens with zero attached hydrogens (tertiary/aromatic N) is 1. The zero-order chi connectivity index (χ0) is 16.8. The van der Waals surface area contributed by atoms with E-state index in [1.165, 1.54) is 0 Å². The molecule has 0 atom stereocenters. The van der Waals surface area contributed by atoms with E-state index in [9.17, 15) is 4.79 Å². The minimum Gasteiger partial charge on any atom is -0.489 e. The first-order valence-corrected chi connectivity index (χ1v) is 7.68. The lowest BCUT2D eigenvalue weighted by Gasteiger charge is -2.11. The maximum atomic E-state index is 12.0. The van der Waals surface area contributed by atoms with E-state index in [-0.39, 0.29) is 11.7 Å². The third kappa shape index (κ3) is 4.01. The zero-order valence-electron chi connectivity index (χ0n) is 13.4. The largest absolute Gasteiger partial charge is 0.489 e. The number of amides is 1. The molecule has 3 aromatic rings. The van der Waals surface area contributed by atoms with Gasteiger partial charge in [0.1, 0.15) is 12.4 Å². The number of rotatable bonds is 6. The highest BCUT2D eigenvalue weighted by Gasteiger charge is 2.12. The van der Waals surface area contributed by atoms with Gasteiger partial charge in [0.2, 0.25) is 5.76 Å².